The van der Waals surface area contributed by atoms with E-state index >= 15 is 0 Å². The summed E-state index contributed by atoms with van der Waals surface area (Å²) in [6, 6.07) is 7.69. The predicted octanol–water partition coefficient (Wildman–Crippen LogP) is 3.30. The molecule has 24 heavy (non-hydrogen) atoms. The number of halogens is 1. The molecule has 1 N–H and O–H groups in total. The minimum Gasteiger partial charge on any atom is -0.425 e. The topological polar surface area (TPSA) is 58.4 Å². The molecule has 1 amide bonds. The van der Waals surface area contributed by atoms with E-state index in [0.29, 0.717) is 16.0 Å². The molecule has 1 unspecified atom stereocenters. The molecular formula is C17H18ClN3O2S. The van der Waals surface area contributed by atoms with Crippen LogP contribution in [0.1, 0.15) is 23.5 Å². The third-order valence-electron chi connectivity index (χ3n) is 4.67. The van der Waals surface area contributed by atoms with E-state index in [-0.39, 0.29) is 17.8 Å². The number of aromatic nitrogens is 1. The van der Waals surface area contributed by atoms with E-state index in [1.807, 2.05) is 24.3 Å². The van der Waals surface area contributed by atoms with Crippen molar-refractivity contribution in [3.8, 4) is 0 Å². The molecule has 2 aromatic rings. The summed E-state index contributed by atoms with van der Waals surface area (Å²) in [6.45, 7) is 3.23. The summed E-state index contributed by atoms with van der Waals surface area (Å²) in [4.78, 5) is 19.9. The molecule has 3 aliphatic heterocycles. The lowest BCUT2D eigenvalue weighted by molar-refractivity contribution is 0.0599. The zero-order chi connectivity index (χ0) is 16.5. The van der Waals surface area contributed by atoms with Crippen LogP contribution in [0.2, 0.25) is 5.02 Å². The van der Waals surface area contributed by atoms with Crippen LogP contribution in [0.4, 0.5) is 0 Å². The van der Waals surface area contributed by atoms with Gasteiger partial charge >= 0.3 is 5.91 Å². The second-order valence-electron chi connectivity index (χ2n) is 6.26. The zero-order valence-corrected chi connectivity index (χ0v) is 14.6. The second-order valence-corrected chi connectivity index (χ2v) is 7.78. The molecule has 0 saturated carbocycles. The fourth-order valence-electron chi connectivity index (χ4n) is 3.42. The summed E-state index contributed by atoms with van der Waals surface area (Å²) < 4.78 is 5.59. The average Bonchev–Trinajstić information content (AvgIpc) is 3.05. The summed E-state index contributed by atoms with van der Waals surface area (Å²) >= 11 is 7.37. The van der Waals surface area contributed by atoms with Crippen molar-refractivity contribution in [1.29, 1.82) is 0 Å². The van der Waals surface area contributed by atoms with Gasteiger partial charge in [-0.05, 0) is 50.0 Å². The molecule has 1 aromatic carbocycles. The summed E-state index contributed by atoms with van der Waals surface area (Å²) in [6.07, 6.45) is 3.90. The average molecular weight is 364 g/mol. The number of benzene rings is 1. The first-order chi connectivity index (χ1) is 11.7. The van der Waals surface area contributed by atoms with Crippen LogP contribution in [-0.4, -0.2) is 41.5 Å². The monoisotopic (exact) mass is 363 g/mol. The molecule has 5 nitrogen and oxygen atoms in total. The summed E-state index contributed by atoms with van der Waals surface area (Å²) in [5, 5.41) is 4.33. The van der Waals surface area contributed by atoms with Crippen molar-refractivity contribution in [2.45, 2.75) is 28.9 Å². The Bertz CT molecular complexity index is 743. The maximum absolute atomic E-state index is 12.4. The number of piperidine rings is 3. The van der Waals surface area contributed by atoms with Gasteiger partial charge in [-0.25, -0.2) is 4.98 Å². The van der Waals surface area contributed by atoms with Gasteiger partial charge in [-0.3, -0.25) is 4.79 Å². The SMILES string of the molecule is O=C(NC1CN2CCC1CC2)c1ncc(Sc2cccc(Cl)c2)o1. The van der Waals surface area contributed by atoms with E-state index in [0.717, 1.165) is 37.4 Å². The first-order valence-corrected chi connectivity index (χ1v) is 9.29. The fourth-order valence-corrected chi connectivity index (χ4v) is 4.46. The minimum absolute atomic E-state index is 0.121. The molecule has 3 saturated heterocycles. The van der Waals surface area contributed by atoms with Gasteiger partial charge in [0.15, 0.2) is 5.09 Å². The first-order valence-electron chi connectivity index (χ1n) is 8.10. The Morgan fingerprint density at radius 3 is 2.92 bits per heavy atom. The van der Waals surface area contributed by atoms with Crippen molar-refractivity contribution in [3.05, 3.63) is 41.4 Å². The third-order valence-corrected chi connectivity index (χ3v) is 5.78. The summed E-state index contributed by atoms with van der Waals surface area (Å²) in [5.74, 6) is 0.469. The normalized spacial score (nSPS) is 25.6. The Morgan fingerprint density at radius 2 is 2.21 bits per heavy atom. The molecule has 2 bridgehead atoms. The van der Waals surface area contributed by atoms with Crippen molar-refractivity contribution in [3.63, 3.8) is 0 Å². The molecule has 3 aliphatic rings. The van der Waals surface area contributed by atoms with Crippen LogP contribution >= 0.6 is 23.4 Å². The van der Waals surface area contributed by atoms with E-state index in [4.69, 9.17) is 16.0 Å². The summed E-state index contributed by atoms with van der Waals surface area (Å²) in [7, 11) is 0. The molecular weight excluding hydrogens is 346 g/mol. The number of oxazole rings is 1. The van der Waals surface area contributed by atoms with E-state index in [2.05, 4.69) is 15.2 Å². The Kier molecular flexibility index (Phi) is 4.52. The largest absolute Gasteiger partial charge is 0.425 e. The molecule has 5 rings (SSSR count). The number of rotatable bonds is 4. The number of amides is 1. The van der Waals surface area contributed by atoms with Crippen molar-refractivity contribution in [2.75, 3.05) is 19.6 Å². The highest BCUT2D eigenvalue weighted by Gasteiger charge is 2.35. The first kappa shape index (κ1) is 16.0. The predicted molar refractivity (Wildman–Crippen MR) is 92.5 cm³/mol. The van der Waals surface area contributed by atoms with Crippen molar-refractivity contribution in [1.82, 2.24) is 15.2 Å². The van der Waals surface area contributed by atoms with E-state index in [9.17, 15) is 4.79 Å². The quantitative estimate of drug-likeness (QED) is 0.903. The van der Waals surface area contributed by atoms with E-state index in [1.165, 1.54) is 11.8 Å². The molecule has 1 aromatic heterocycles. The van der Waals surface area contributed by atoms with Crippen molar-refractivity contribution >= 4 is 29.3 Å². The lowest BCUT2D eigenvalue weighted by Gasteiger charge is -2.44. The van der Waals surface area contributed by atoms with Crippen LogP contribution < -0.4 is 5.32 Å². The van der Waals surface area contributed by atoms with Crippen LogP contribution in [0.5, 0.6) is 0 Å². The number of hydrogen-bond acceptors (Lipinski definition) is 5. The number of fused-ring (bicyclic) bond motifs is 3. The number of nitrogens with one attached hydrogen (secondary N) is 1. The molecule has 126 valence electrons. The Hall–Kier alpha value is -1.50. The third kappa shape index (κ3) is 3.45. The molecule has 0 spiro atoms. The van der Waals surface area contributed by atoms with Gasteiger partial charge in [-0.2, -0.15) is 0 Å². The Labute approximate surface area is 149 Å². The lowest BCUT2D eigenvalue weighted by Crippen LogP contribution is -2.57. The maximum Gasteiger partial charge on any atom is 0.307 e. The highest BCUT2D eigenvalue weighted by molar-refractivity contribution is 7.99. The van der Waals surface area contributed by atoms with E-state index < -0.39 is 0 Å². The summed E-state index contributed by atoms with van der Waals surface area (Å²) in [5.41, 5.74) is 0. The van der Waals surface area contributed by atoms with Gasteiger partial charge in [0, 0.05) is 22.5 Å². The van der Waals surface area contributed by atoms with Gasteiger partial charge in [0.05, 0.1) is 6.20 Å². The Morgan fingerprint density at radius 1 is 1.38 bits per heavy atom. The Balaban J connectivity index is 1.40. The van der Waals surface area contributed by atoms with Gasteiger partial charge in [0.1, 0.15) is 0 Å². The standard InChI is InChI=1S/C17H18ClN3O2S/c18-12-2-1-3-13(8-12)24-15-9-19-17(23-15)16(22)20-14-10-21-6-4-11(14)5-7-21/h1-3,8-9,11,14H,4-7,10H2,(H,20,22). The highest BCUT2D eigenvalue weighted by atomic mass is 35.5. The molecule has 0 radical (unpaired) electrons. The molecule has 3 fully saturated rings. The van der Waals surface area contributed by atoms with Gasteiger partial charge in [-0.15, -0.1) is 0 Å². The number of carbonyl (C=O) groups excluding carboxylic acids is 1. The number of hydrogen-bond donors (Lipinski definition) is 1. The number of carbonyl (C=O) groups is 1. The minimum atomic E-state index is -0.230. The smallest absolute Gasteiger partial charge is 0.307 e. The fraction of sp³-hybridized carbons (Fsp3) is 0.412. The van der Waals surface area contributed by atoms with Crippen LogP contribution in [0, 0.1) is 5.92 Å². The maximum atomic E-state index is 12.4. The van der Waals surface area contributed by atoms with Crippen molar-refractivity contribution in [2.24, 2.45) is 5.92 Å². The molecule has 4 heterocycles. The lowest BCUT2D eigenvalue weighted by atomic mass is 9.84. The van der Waals surface area contributed by atoms with Gasteiger partial charge < -0.3 is 14.6 Å². The van der Waals surface area contributed by atoms with Gasteiger partial charge in [0.2, 0.25) is 0 Å². The van der Waals surface area contributed by atoms with Crippen molar-refractivity contribution < 1.29 is 9.21 Å². The van der Waals surface area contributed by atoms with Crippen LogP contribution in [0.25, 0.3) is 0 Å². The van der Waals surface area contributed by atoms with Gasteiger partial charge in [-0.1, -0.05) is 29.4 Å². The van der Waals surface area contributed by atoms with E-state index in [1.54, 1.807) is 6.20 Å². The number of nitrogens with zero attached hydrogens (tertiary/aromatic N) is 2. The molecule has 7 heteroatoms. The second kappa shape index (κ2) is 6.78. The van der Waals surface area contributed by atoms with Crippen LogP contribution in [0.15, 0.2) is 44.9 Å². The zero-order valence-electron chi connectivity index (χ0n) is 13.1. The van der Waals surface area contributed by atoms with Gasteiger partial charge in [0.25, 0.3) is 5.89 Å². The van der Waals surface area contributed by atoms with Crippen LogP contribution in [-0.2, 0) is 0 Å². The molecule has 0 aliphatic carbocycles. The highest BCUT2D eigenvalue weighted by Crippen LogP contribution is 2.30. The molecule has 1 atom stereocenters. The van der Waals surface area contributed by atoms with Crippen LogP contribution in [0.3, 0.4) is 0 Å².